The van der Waals surface area contributed by atoms with E-state index in [4.69, 9.17) is 14.2 Å². The number of carbonyl (C=O) groups is 2. The molecule has 1 aliphatic heterocycles. The van der Waals surface area contributed by atoms with Gasteiger partial charge in [0.25, 0.3) is 0 Å². The van der Waals surface area contributed by atoms with Crippen LogP contribution in [0.25, 0.3) is 0 Å². The Hall–Kier alpha value is -1.76. The number of ether oxygens (including phenoxy) is 3. The Morgan fingerprint density at radius 2 is 1.94 bits per heavy atom. The lowest BCUT2D eigenvalue weighted by atomic mass is 9.93. The number of methoxy groups -OCH3 is 1. The highest BCUT2D eigenvalue weighted by molar-refractivity contribution is 9.10. The Bertz CT molecular complexity index is 1030. The molecular formula is C23H33BrFN3O5SSi. The average Bonchev–Trinajstić information content (AvgIpc) is 2.72. The third kappa shape index (κ3) is 8.69. The zero-order valence-corrected chi connectivity index (χ0v) is 24.8. The van der Waals surface area contributed by atoms with Gasteiger partial charge < -0.3 is 14.2 Å². The Kier molecular flexibility index (Phi) is 9.71. The summed E-state index contributed by atoms with van der Waals surface area (Å²) in [5, 5.41) is 0.122. The molecule has 2 heterocycles. The predicted octanol–water partition coefficient (Wildman–Crippen LogP) is 5.91. The molecule has 1 amide bonds. The van der Waals surface area contributed by atoms with Crippen LogP contribution in [0.4, 0.5) is 9.18 Å². The van der Waals surface area contributed by atoms with E-state index in [1.54, 1.807) is 27.7 Å². The van der Waals surface area contributed by atoms with Gasteiger partial charge in [0.15, 0.2) is 5.17 Å². The first-order valence-corrected chi connectivity index (χ1v) is 16.3. The lowest BCUT2D eigenvalue weighted by molar-refractivity contribution is -0.135. The molecule has 8 nitrogen and oxygen atoms in total. The van der Waals surface area contributed by atoms with Crippen LogP contribution in [-0.2, 0) is 24.5 Å². The van der Waals surface area contributed by atoms with Gasteiger partial charge in [-0.15, -0.1) is 0 Å². The van der Waals surface area contributed by atoms with E-state index in [0.717, 1.165) is 17.8 Å². The van der Waals surface area contributed by atoms with E-state index in [9.17, 15) is 14.0 Å². The largest absolute Gasteiger partial charge is 0.465 e. The molecule has 0 saturated carbocycles. The van der Waals surface area contributed by atoms with Crippen LogP contribution in [0, 0.1) is 5.95 Å². The molecule has 0 saturated heterocycles. The first-order chi connectivity index (χ1) is 16.0. The van der Waals surface area contributed by atoms with Crippen molar-refractivity contribution >= 4 is 53.0 Å². The highest BCUT2D eigenvalue weighted by atomic mass is 79.9. The van der Waals surface area contributed by atoms with Gasteiger partial charge >= 0.3 is 12.1 Å². The summed E-state index contributed by atoms with van der Waals surface area (Å²) in [6.07, 6.45) is 2.13. The van der Waals surface area contributed by atoms with Crippen molar-refractivity contribution < 1.29 is 28.2 Å². The van der Waals surface area contributed by atoms with Gasteiger partial charge in [-0.2, -0.15) is 4.39 Å². The van der Waals surface area contributed by atoms with Crippen molar-refractivity contribution in [2.45, 2.75) is 64.5 Å². The van der Waals surface area contributed by atoms with Crippen LogP contribution >= 0.6 is 27.7 Å². The standard InChI is InChI=1S/C23H33BrFN3O5SSi/c1-22(2,3)33-21(30)28(14-32-9-10-35(6,7)8)20-27-23(4,12-17(34-20)19(29)31-5)16-11-15(24)13-26-18(16)25/h11-13H,9-10,14H2,1-8H3. The number of rotatable bonds is 7. The molecule has 0 aromatic carbocycles. The lowest BCUT2D eigenvalue weighted by Gasteiger charge is -2.33. The summed E-state index contributed by atoms with van der Waals surface area (Å²) in [7, 11) is -0.113. The van der Waals surface area contributed by atoms with E-state index in [2.05, 4.69) is 45.5 Å². The normalized spacial score (nSPS) is 18.5. The molecule has 1 atom stereocenters. The van der Waals surface area contributed by atoms with E-state index >= 15 is 0 Å². The van der Waals surface area contributed by atoms with Gasteiger partial charge in [-0.1, -0.05) is 19.6 Å². The van der Waals surface area contributed by atoms with Gasteiger partial charge in [-0.25, -0.2) is 24.5 Å². The summed E-state index contributed by atoms with van der Waals surface area (Å²) in [4.78, 5) is 35.5. The maximum atomic E-state index is 14.8. The van der Waals surface area contributed by atoms with Crippen molar-refractivity contribution in [1.82, 2.24) is 9.88 Å². The molecule has 1 aliphatic rings. The minimum absolute atomic E-state index is 0.120. The number of aromatic nitrogens is 1. The predicted molar refractivity (Wildman–Crippen MR) is 141 cm³/mol. The highest BCUT2D eigenvalue weighted by Gasteiger charge is 2.38. The molecule has 194 valence electrons. The molecule has 0 aliphatic carbocycles. The Balaban J connectivity index is 2.53. The number of carbonyl (C=O) groups excluding carboxylic acids is 2. The molecule has 2 rings (SSSR count). The van der Waals surface area contributed by atoms with Crippen molar-refractivity contribution in [3.63, 3.8) is 0 Å². The van der Waals surface area contributed by atoms with Crippen LogP contribution in [0.2, 0.25) is 25.7 Å². The van der Waals surface area contributed by atoms with Crippen molar-refractivity contribution in [3.8, 4) is 0 Å². The monoisotopic (exact) mass is 589 g/mol. The zero-order chi connectivity index (χ0) is 26.6. The first kappa shape index (κ1) is 29.5. The maximum Gasteiger partial charge on any atom is 0.418 e. The number of pyridine rings is 1. The van der Waals surface area contributed by atoms with Crippen molar-refractivity contribution in [1.29, 1.82) is 0 Å². The molecule has 0 radical (unpaired) electrons. The van der Waals surface area contributed by atoms with E-state index in [1.807, 2.05) is 0 Å². The molecule has 0 bridgehead atoms. The Morgan fingerprint density at radius 1 is 1.29 bits per heavy atom. The summed E-state index contributed by atoms with van der Waals surface area (Å²) in [6.45, 7) is 13.9. The Morgan fingerprint density at radius 3 is 2.51 bits per heavy atom. The van der Waals surface area contributed by atoms with Crippen molar-refractivity contribution in [3.05, 3.63) is 39.2 Å². The zero-order valence-electron chi connectivity index (χ0n) is 21.4. The molecule has 1 aromatic heterocycles. The second-order valence-electron chi connectivity index (χ2n) is 10.4. The van der Waals surface area contributed by atoms with Crippen LogP contribution in [0.5, 0.6) is 0 Å². The molecule has 0 spiro atoms. The van der Waals surface area contributed by atoms with E-state index in [-0.39, 0.29) is 22.4 Å². The highest BCUT2D eigenvalue weighted by Crippen LogP contribution is 2.40. The van der Waals surface area contributed by atoms with Gasteiger partial charge in [0.2, 0.25) is 5.95 Å². The van der Waals surface area contributed by atoms with Crippen LogP contribution in [0.3, 0.4) is 0 Å². The molecule has 0 fully saturated rings. The molecule has 1 aromatic rings. The summed E-state index contributed by atoms with van der Waals surface area (Å²) in [6, 6.07) is 2.43. The smallest absolute Gasteiger partial charge is 0.418 e. The number of amides is 1. The van der Waals surface area contributed by atoms with Gasteiger partial charge in [-0.05, 0) is 73.6 Å². The van der Waals surface area contributed by atoms with Crippen LogP contribution in [-0.4, -0.2) is 61.2 Å². The van der Waals surface area contributed by atoms with E-state index < -0.39 is 37.2 Å². The van der Waals surface area contributed by atoms with Crippen LogP contribution < -0.4 is 0 Å². The first-order valence-electron chi connectivity index (χ1n) is 11.0. The fourth-order valence-corrected chi connectivity index (χ4v) is 5.12. The molecule has 12 heteroatoms. The molecule has 1 unspecified atom stereocenters. The molecular weight excluding hydrogens is 557 g/mol. The molecule has 35 heavy (non-hydrogen) atoms. The van der Waals surface area contributed by atoms with Gasteiger partial charge in [-0.3, -0.25) is 0 Å². The second-order valence-corrected chi connectivity index (χ2v) is 17.9. The van der Waals surface area contributed by atoms with E-state index in [1.165, 1.54) is 30.3 Å². The maximum absolute atomic E-state index is 14.8. The van der Waals surface area contributed by atoms with Gasteiger partial charge in [0, 0.05) is 30.9 Å². The number of aliphatic imine (C=N–C) groups is 1. The molecule has 0 N–H and O–H groups in total. The summed E-state index contributed by atoms with van der Waals surface area (Å²) >= 11 is 4.24. The number of halogens is 2. The van der Waals surface area contributed by atoms with E-state index in [0.29, 0.717) is 11.1 Å². The number of hydrogen-bond acceptors (Lipinski definition) is 8. The van der Waals surface area contributed by atoms with Crippen LogP contribution in [0.1, 0.15) is 33.3 Å². The number of esters is 1. The summed E-state index contributed by atoms with van der Waals surface area (Å²) in [5.74, 6) is -1.39. The third-order valence-corrected chi connectivity index (χ3v) is 7.88. The van der Waals surface area contributed by atoms with Crippen molar-refractivity contribution in [2.75, 3.05) is 20.4 Å². The van der Waals surface area contributed by atoms with Crippen LogP contribution in [0.15, 0.2) is 32.7 Å². The SMILES string of the molecule is COC(=O)C1=CC(C)(c2cc(Br)cnc2F)N=C(N(COCC[Si](C)(C)C)C(=O)OC(C)(C)C)S1. The summed E-state index contributed by atoms with van der Waals surface area (Å²) < 4.78 is 31.7. The van der Waals surface area contributed by atoms with Gasteiger partial charge in [0.1, 0.15) is 17.9 Å². The topological polar surface area (TPSA) is 90.3 Å². The average molecular weight is 591 g/mol. The van der Waals surface area contributed by atoms with Crippen molar-refractivity contribution in [2.24, 2.45) is 4.99 Å². The fraction of sp³-hybridized carbons (Fsp3) is 0.565. The summed E-state index contributed by atoms with van der Waals surface area (Å²) in [5.41, 5.74) is -2.02. The quantitative estimate of drug-likeness (QED) is 0.128. The Labute approximate surface area is 219 Å². The number of amidine groups is 1. The number of hydrogen-bond donors (Lipinski definition) is 0. The minimum Gasteiger partial charge on any atom is -0.465 e. The lowest BCUT2D eigenvalue weighted by Crippen LogP contribution is -2.43. The fourth-order valence-electron chi connectivity index (χ4n) is 2.91. The minimum atomic E-state index is -1.36. The number of thioether (sulfide) groups is 1. The van der Waals surface area contributed by atoms with Gasteiger partial charge in [0.05, 0.1) is 12.0 Å². The second kappa shape index (κ2) is 11.5. The third-order valence-electron chi connectivity index (χ3n) is 4.74. The number of nitrogens with zero attached hydrogens (tertiary/aromatic N) is 3.